The van der Waals surface area contributed by atoms with E-state index in [4.69, 9.17) is 5.11 Å². The first-order chi connectivity index (χ1) is 6.55. The van der Waals surface area contributed by atoms with Gasteiger partial charge in [0.15, 0.2) is 0 Å². The number of carboxylic acid groups (broad SMARTS) is 1. The fraction of sp³-hybridized carbons (Fsp3) is 0.300. The summed E-state index contributed by atoms with van der Waals surface area (Å²) in [5.41, 5.74) is 0.393. The fourth-order valence-electron chi connectivity index (χ4n) is 1.71. The Hall–Kier alpha value is -1.45. The van der Waals surface area contributed by atoms with Crippen molar-refractivity contribution in [2.75, 3.05) is 0 Å². The van der Waals surface area contributed by atoms with Gasteiger partial charge in [0, 0.05) is 0 Å². The summed E-state index contributed by atoms with van der Waals surface area (Å²) in [5.74, 6) is -7.22. The van der Waals surface area contributed by atoms with Crippen molar-refractivity contribution in [1.29, 1.82) is 0 Å². The summed E-state index contributed by atoms with van der Waals surface area (Å²) in [4.78, 5) is 10.5. The number of benzene rings is 1. The number of rotatable bonds is 2. The van der Waals surface area contributed by atoms with Crippen LogP contribution in [0.3, 0.4) is 0 Å². The highest BCUT2D eigenvalue weighted by atomic mass is 19.3. The van der Waals surface area contributed by atoms with Crippen LogP contribution in [0.25, 0.3) is 0 Å². The van der Waals surface area contributed by atoms with Gasteiger partial charge in [0.25, 0.3) is 5.92 Å². The van der Waals surface area contributed by atoms with E-state index in [-0.39, 0.29) is 0 Å². The fourth-order valence-corrected chi connectivity index (χ4v) is 1.71. The van der Waals surface area contributed by atoms with Crippen molar-refractivity contribution in [3.05, 3.63) is 35.9 Å². The van der Waals surface area contributed by atoms with Crippen molar-refractivity contribution in [1.82, 2.24) is 0 Å². The Balaban J connectivity index is 2.28. The molecule has 2 atom stereocenters. The molecule has 0 spiro atoms. The average Bonchev–Trinajstić information content (AvgIpc) is 2.71. The molecule has 0 radical (unpaired) electrons. The Labute approximate surface area is 79.2 Å². The summed E-state index contributed by atoms with van der Waals surface area (Å²) in [6, 6.07) is 8.02. The van der Waals surface area contributed by atoms with E-state index in [0.717, 1.165) is 0 Å². The van der Waals surface area contributed by atoms with E-state index < -0.39 is 23.7 Å². The first-order valence-electron chi connectivity index (χ1n) is 4.20. The Morgan fingerprint density at radius 3 is 2.29 bits per heavy atom. The zero-order valence-electron chi connectivity index (χ0n) is 7.15. The molecule has 1 aromatic rings. The zero-order valence-corrected chi connectivity index (χ0v) is 7.15. The molecule has 4 heteroatoms. The van der Waals surface area contributed by atoms with Gasteiger partial charge in [-0.05, 0) is 5.56 Å². The number of aliphatic carboxylic acids is 1. The van der Waals surface area contributed by atoms with Crippen LogP contribution in [0.4, 0.5) is 8.78 Å². The summed E-state index contributed by atoms with van der Waals surface area (Å²) in [7, 11) is 0. The van der Waals surface area contributed by atoms with E-state index in [9.17, 15) is 13.6 Å². The monoisotopic (exact) mass is 198 g/mol. The van der Waals surface area contributed by atoms with Crippen LogP contribution in [-0.2, 0) is 4.79 Å². The zero-order chi connectivity index (χ0) is 10.3. The highest BCUT2D eigenvalue weighted by Gasteiger charge is 2.72. The highest BCUT2D eigenvalue weighted by Crippen LogP contribution is 2.61. The lowest BCUT2D eigenvalue weighted by Crippen LogP contribution is -2.04. The number of carbonyl (C=O) groups is 1. The molecule has 2 rings (SSSR count). The number of hydrogen-bond acceptors (Lipinski definition) is 1. The van der Waals surface area contributed by atoms with Crippen molar-refractivity contribution in [3.8, 4) is 0 Å². The SMILES string of the molecule is O=C(O)[C@@H]1[C@H](c2ccccc2)C1(F)F. The molecule has 1 aliphatic rings. The molecular weight excluding hydrogens is 190 g/mol. The van der Waals surface area contributed by atoms with Crippen molar-refractivity contribution in [2.24, 2.45) is 5.92 Å². The Bertz CT molecular complexity index is 362. The Morgan fingerprint density at radius 2 is 1.86 bits per heavy atom. The van der Waals surface area contributed by atoms with E-state index in [2.05, 4.69) is 0 Å². The van der Waals surface area contributed by atoms with Crippen LogP contribution >= 0.6 is 0 Å². The van der Waals surface area contributed by atoms with Crippen LogP contribution in [0.5, 0.6) is 0 Å². The molecule has 0 aromatic heterocycles. The average molecular weight is 198 g/mol. The van der Waals surface area contributed by atoms with Crippen molar-refractivity contribution in [2.45, 2.75) is 11.8 Å². The summed E-state index contributed by atoms with van der Waals surface area (Å²) < 4.78 is 26.0. The number of halogens is 2. The molecule has 0 saturated heterocycles. The van der Waals surface area contributed by atoms with Gasteiger partial charge >= 0.3 is 5.97 Å². The largest absolute Gasteiger partial charge is 0.481 e. The predicted molar refractivity (Wildman–Crippen MR) is 45.3 cm³/mol. The Morgan fingerprint density at radius 1 is 1.29 bits per heavy atom. The molecule has 1 fully saturated rings. The smallest absolute Gasteiger partial charge is 0.313 e. The molecule has 0 bridgehead atoms. The van der Waals surface area contributed by atoms with Crippen LogP contribution in [0.15, 0.2) is 30.3 Å². The van der Waals surface area contributed by atoms with E-state index in [1.165, 1.54) is 12.1 Å². The van der Waals surface area contributed by atoms with E-state index in [0.29, 0.717) is 5.56 Å². The number of alkyl halides is 2. The molecule has 0 amide bonds. The van der Waals surface area contributed by atoms with Gasteiger partial charge in [-0.1, -0.05) is 30.3 Å². The van der Waals surface area contributed by atoms with Gasteiger partial charge in [-0.25, -0.2) is 8.78 Å². The van der Waals surface area contributed by atoms with E-state index in [1.54, 1.807) is 18.2 Å². The van der Waals surface area contributed by atoms with Gasteiger partial charge in [0.2, 0.25) is 0 Å². The van der Waals surface area contributed by atoms with Gasteiger partial charge in [0.1, 0.15) is 5.92 Å². The minimum atomic E-state index is -3.09. The molecule has 0 unspecified atom stereocenters. The second-order valence-electron chi connectivity index (χ2n) is 3.38. The molecule has 0 aliphatic heterocycles. The quantitative estimate of drug-likeness (QED) is 0.790. The third-order valence-electron chi connectivity index (χ3n) is 2.48. The molecule has 14 heavy (non-hydrogen) atoms. The maximum Gasteiger partial charge on any atom is 0.313 e. The van der Waals surface area contributed by atoms with Gasteiger partial charge in [-0.15, -0.1) is 0 Å². The normalized spacial score (nSPS) is 28.4. The van der Waals surface area contributed by atoms with Crippen LogP contribution in [-0.4, -0.2) is 17.0 Å². The third kappa shape index (κ3) is 1.18. The predicted octanol–water partition coefficient (Wildman–Crippen LogP) is 2.12. The summed E-state index contributed by atoms with van der Waals surface area (Å²) in [5, 5.41) is 8.54. The first-order valence-corrected chi connectivity index (χ1v) is 4.20. The molecule has 1 N–H and O–H groups in total. The standard InChI is InChI=1S/C10H8F2O2/c11-10(12)7(8(10)9(13)14)6-4-2-1-3-5-6/h1-5,7-8H,(H,13,14)/t7-,8-/m0/s1. The van der Waals surface area contributed by atoms with Gasteiger partial charge in [-0.2, -0.15) is 0 Å². The molecular formula is C10H8F2O2. The molecule has 1 aliphatic carbocycles. The molecule has 74 valence electrons. The van der Waals surface area contributed by atoms with Crippen molar-refractivity contribution < 1.29 is 18.7 Å². The molecule has 1 aromatic carbocycles. The van der Waals surface area contributed by atoms with E-state index >= 15 is 0 Å². The maximum atomic E-state index is 13.0. The number of hydrogen-bond donors (Lipinski definition) is 1. The van der Waals surface area contributed by atoms with Crippen LogP contribution in [0, 0.1) is 5.92 Å². The minimum Gasteiger partial charge on any atom is -0.481 e. The first kappa shape index (κ1) is 9.12. The van der Waals surface area contributed by atoms with Crippen LogP contribution < -0.4 is 0 Å². The lowest BCUT2D eigenvalue weighted by molar-refractivity contribution is -0.140. The molecule has 2 nitrogen and oxygen atoms in total. The molecule has 1 saturated carbocycles. The summed E-state index contributed by atoms with van der Waals surface area (Å²) >= 11 is 0. The van der Waals surface area contributed by atoms with Gasteiger partial charge in [-0.3, -0.25) is 4.79 Å². The third-order valence-corrected chi connectivity index (χ3v) is 2.48. The Kier molecular flexibility index (Phi) is 1.80. The van der Waals surface area contributed by atoms with Gasteiger partial charge in [0.05, 0.1) is 5.92 Å². The second-order valence-corrected chi connectivity index (χ2v) is 3.38. The topological polar surface area (TPSA) is 37.3 Å². The maximum absolute atomic E-state index is 13.0. The van der Waals surface area contributed by atoms with Crippen LogP contribution in [0.1, 0.15) is 11.5 Å². The minimum absolute atomic E-state index is 0.393. The summed E-state index contributed by atoms with van der Waals surface area (Å²) in [6.07, 6.45) is 0. The lowest BCUT2D eigenvalue weighted by atomic mass is 10.1. The summed E-state index contributed by atoms with van der Waals surface area (Å²) in [6.45, 7) is 0. The van der Waals surface area contributed by atoms with Crippen molar-refractivity contribution >= 4 is 5.97 Å². The van der Waals surface area contributed by atoms with Crippen LogP contribution in [0.2, 0.25) is 0 Å². The number of carboxylic acids is 1. The molecule has 0 heterocycles. The highest BCUT2D eigenvalue weighted by molar-refractivity contribution is 5.78. The van der Waals surface area contributed by atoms with Crippen molar-refractivity contribution in [3.63, 3.8) is 0 Å². The van der Waals surface area contributed by atoms with E-state index in [1.807, 2.05) is 0 Å². The lowest BCUT2D eigenvalue weighted by Gasteiger charge is -1.95. The second kappa shape index (κ2) is 2.77. The van der Waals surface area contributed by atoms with Gasteiger partial charge < -0.3 is 5.11 Å².